The standard InChI is InChI=1S/C31H29ClFN5O2/c1-39-23-12-8-21(9-13-23)35-27-18-30-28(17-26(27)37-25-4-3-15-34-31(25)40-2)36-24-14-7-20(33)16-29(24)38(30)22-10-5-19(32)6-11-22/h3-7,10-11,14-18,21,23,37H,8-9,12-13H2,1-2H3/b35-27+. The lowest BCUT2D eigenvalue weighted by molar-refractivity contribution is 0.0663. The number of methoxy groups -OCH3 is 2. The van der Waals surface area contributed by atoms with Gasteiger partial charge >= 0.3 is 0 Å². The van der Waals surface area contributed by atoms with Gasteiger partial charge in [-0.1, -0.05) is 11.6 Å². The Bertz CT molecular complexity index is 1700. The summed E-state index contributed by atoms with van der Waals surface area (Å²) in [6, 6.07) is 20.0. The first-order valence-corrected chi connectivity index (χ1v) is 13.6. The van der Waals surface area contributed by atoms with Crippen molar-refractivity contribution in [3.8, 4) is 23.0 Å². The highest BCUT2D eigenvalue weighted by Gasteiger charge is 2.22. The van der Waals surface area contributed by atoms with Crippen molar-refractivity contribution in [2.45, 2.75) is 37.8 Å². The highest BCUT2D eigenvalue weighted by Crippen LogP contribution is 2.33. The lowest BCUT2D eigenvalue weighted by Crippen LogP contribution is -2.25. The van der Waals surface area contributed by atoms with Gasteiger partial charge in [0.05, 0.1) is 52.7 Å². The molecule has 0 atom stereocenters. The molecule has 2 heterocycles. The van der Waals surface area contributed by atoms with Crippen molar-refractivity contribution in [1.29, 1.82) is 0 Å². The first kappa shape index (κ1) is 26.2. The average molecular weight is 558 g/mol. The number of halogens is 2. The first-order chi connectivity index (χ1) is 19.5. The third-order valence-corrected chi connectivity index (χ3v) is 7.62. The molecule has 1 aliphatic heterocycles. The summed E-state index contributed by atoms with van der Waals surface area (Å²) < 4.78 is 27.6. The predicted octanol–water partition coefficient (Wildman–Crippen LogP) is 6.93. The summed E-state index contributed by atoms with van der Waals surface area (Å²) in [5, 5.41) is 4.88. The third kappa shape index (κ3) is 5.24. The highest BCUT2D eigenvalue weighted by atomic mass is 35.5. The van der Waals surface area contributed by atoms with E-state index in [-0.39, 0.29) is 18.0 Å². The number of anilines is 2. The Morgan fingerprint density at radius 1 is 0.975 bits per heavy atom. The molecule has 1 fully saturated rings. The third-order valence-electron chi connectivity index (χ3n) is 7.37. The fourth-order valence-electron chi connectivity index (χ4n) is 5.34. The van der Waals surface area contributed by atoms with Crippen molar-refractivity contribution in [2.75, 3.05) is 19.5 Å². The zero-order valence-electron chi connectivity index (χ0n) is 22.3. The Labute approximate surface area is 236 Å². The molecule has 1 aromatic heterocycles. The molecular weight excluding hydrogens is 529 g/mol. The van der Waals surface area contributed by atoms with Crippen LogP contribution in [0.4, 0.5) is 15.8 Å². The molecule has 2 aromatic carbocycles. The number of hydrogen-bond donors (Lipinski definition) is 1. The number of fused-ring (bicyclic) bond motifs is 2. The highest BCUT2D eigenvalue weighted by molar-refractivity contribution is 6.30. The van der Waals surface area contributed by atoms with Crippen LogP contribution in [0.25, 0.3) is 28.1 Å². The molecule has 3 aliphatic rings. The van der Waals surface area contributed by atoms with Crippen LogP contribution in [0.2, 0.25) is 5.02 Å². The van der Waals surface area contributed by atoms with E-state index in [0.717, 1.165) is 59.5 Å². The minimum absolute atomic E-state index is 0.148. The molecule has 0 unspecified atom stereocenters. The number of hydrogen-bond acceptors (Lipinski definition) is 6. The van der Waals surface area contributed by atoms with Crippen LogP contribution in [0.5, 0.6) is 5.88 Å². The quantitative estimate of drug-likeness (QED) is 0.229. The molecule has 0 radical (unpaired) electrons. The summed E-state index contributed by atoms with van der Waals surface area (Å²) in [6.45, 7) is 0. The molecule has 7 nitrogen and oxygen atoms in total. The van der Waals surface area contributed by atoms with Crippen molar-refractivity contribution < 1.29 is 13.9 Å². The molecule has 0 spiro atoms. The molecule has 3 aromatic rings. The maximum absolute atomic E-state index is 14.5. The van der Waals surface area contributed by atoms with Gasteiger partial charge in [-0.05, 0) is 86.3 Å². The smallest absolute Gasteiger partial charge is 0.237 e. The summed E-state index contributed by atoms with van der Waals surface area (Å²) >= 11 is 6.21. The Kier molecular flexibility index (Phi) is 7.36. The van der Waals surface area contributed by atoms with Gasteiger partial charge in [0, 0.05) is 30.1 Å². The van der Waals surface area contributed by atoms with Crippen molar-refractivity contribution >= 4 is 34.0 Å². The van der Waals surface area contributed by atoms with Crippen LogP contribution in [-0.2, 0) is 4.74 Å². The minimum atomic E-state index is -0.335. The van der Waals surface area contributed by atoms with Gasteiger partial charge in [-0.15, -0.1) is 0 Å². The van der Waals surface area contributed by atoms with Crippen molar-refractivity contribution in [2.24, 2.45) is 4.99 Å². The predicted molar refractivity (Wildman–Crippen MR) is 155 cm³/mol. The Balaban J connectivity index is 1.60. The second-order valence-corrected chi connectivity index (χ2v) is 10.3. The van der Waals surface area contributed by atoms with Crippen LogP contribution in [0.1, 0.15) is 25.7 Å². The molecule has 40 heavy (non-hydrogen) atoms. The number of pyridine rings is 1. The minimum Gasteiger partial charge on any atom is -0.480 e. The zero-order valence-corrected chi connectivity index (χ0v) is 23.0. The molecule has 0 amide bonds. The first-order valence-electron chi connectivity index (χ1n) is 13.3. The number of benzene rings is 3. The van der Waals surface area contributed by atoms with Gasteiger partial charge < -0.3 is 19.4 Å². The molecule has 1 N–H and O–H groups in total. The second kappa shape index (κ2) is 11.2. The van der Waals surface area contributed by atoms with E-state index in [1.165, 1.54) is 12.1 Å². The Hall–Kier alpha value is -4.01. The van der Waals surface area contributed by atoms with Crippen LogP contribution < -0.4 is 15.4 Å². The van der Waals surface area contributed by atoms with Gasteiger partial charge in [0.25, 0.3) is 0 Å². The van der Waals surface area contributed by atoms with E-state index in [1.54, 1.807) is 26.5 Å². The van der Waals surface area contributed by atoms with Gasteiger partial charge in [-0.3, -0.25) is 4.99 Å². The number of nitrogens with zero attached hydrogens (tertiary/aromatic N) is 4. The summed E-state index contributed by atoms with van der Waals surface area (Å²) in [6.07, 6.45) is 5.76. The van der Waals surface area contributed by atoms with Gasteiger partial charge in [-0.25, -0.2) is 14.4 Å². The van der Waals surface area contributed by atoms with Crippen LogP contribution >= 0.6 is 11.6 Å². The Morgan fingerprint density at radius 3 is 2.52 bits per heavy atom. The SMILES string of the molecule is COc1ncccc1Nc1cc2nc3ccc(F)cc3n(-c3ccc(Cl)cc3)c-2c/c1=N\C1CCC(OC)CC1. The lowest BCUT2D eigenvalue weighted by atomic mass is 9.93. The fourth-order valence-corrected chi connectivity index (χ4v) is 5.47. The monoisotopic (exact) mass is 557 g/mol. The summed E-state index contributed by atoms with van der Waals surface area (Å²) in [4.78, 5) is 14.5. The van der Waals surface area contributed by atoms with Gasteiger partial charge in [-0.2, -0.15) is 0 Å². The van der Waals surface area contributed by atoms with Gasteiger partial charge in [0.1, 0.15) is 11.5 Å². The number of aromatic nitrogens is 3. The van der Waals surface area contributed by atoms with E-state index in [1.807, 2.05) is 53.1 Å². The van der Waals surface area contributed by atoms with Crippen LogP contribution in [0.3, 0.4) is 0 Å². The average Bonchev–Trinajstić information content (AvgIpc) is 2.98. The molecule has 1 saturated carbocycles. The Morgan fingerprint density at radius 2 is 1.77 bits per heavy atom. The van der Waals surface area contributed by atoms with E-state index < -0.39 is 0 Å². The molecule has 6 rings (SSSR count). The summed E-state index contributed by atoms with van der Waals surface area (Å²) in [5.41, 5.74) is 5.18. The van der Waals surface area contributed by atoms with Crippen molar-refractivity contribution in [3.63, 3.8) is 0 Å². The molecule has 204 valence electrons. The summed E-state index contributed by atoms with van der Waals surface area (Å²) in [5.74, 6) is 0.144. The van der Waals surface area contributed by atoms with Gasteiger partial charge in [0.15, 0.2) is 0 Å². The van der Waals surface area contributed by atoms with Crippen molar-refractivity contribution in [3.05, 3.63) is 89.1 Å². The molecule has 0 saturated heterocycles. The van der Waals surface area contributed by atoms with Crippen LogP contribution in [0, 0.1) is 5.82 Å². The molecular formula is C31H29ClFN5O2. The lowest BCUT2D eigenvalue weighted by Gasteiger charge is -2.25. The number of rotatable bonds is 6. The zero-order chi connectivity index (χ0) is 27.6. The second-order valence-electron chi connectivity index (χ2n) is 9.90. The molecule has 9 heteroatoms. The van der Waals surface area contributed by atoms with Crippen LogP contribution in [0.15, 0.2) is 77.9 Å². The normalized spacial score (nSPS) is 17.9. The fraction of sp³-hybridized carbons (Fsp3) is 0.258. The molecule has 0 bridgehead atoms. The van der Waals surface area contributed by atoms with Gasteiger partial charge in [0.2, 0.25) is 5.88 Å². The van der Waals surface area contributed by atoms with E-state index in [4.69, 9.17) is 31.1 Å². The van der Waals surface area contributed by atoms with E-state index in [0.29, 0.717) is 21.9 Å². The van der Waals surface area contributed by atoms with E-state index in [2.05, 4.69) is 10.3 Å². The maximum Gasteiger partial charge on any atom is 0.237 e. The largest absolute Gasteiger partial charge is 0.480 e. The maximum atomic E-state index is 14.5. The molecule has 2 aliphatic carbocycles. The van der Waals surface area contributed by atoms with Crippen LogP contribution in [-0.4, -0.2) is 40.9 Å². The number of nitrogens with one attached hydrogen (secondary N) is 1. The summed E-state index contributed by atoms with van der Waals surface area (Å²) in [7, 11) is 3.36. The van der Waals surface area contributed by atoms with Crippen molar-refractivity contribution in [1.82, 2.24) is 14.5 Å². The topological polar surface area (TPSA) is 73.6 Å². The van der Waals surface area contributed by atoms with E-state index >= 15 is 0 Å². The number of ether oxygens (including phenoxy) is 2. The van der Waals surface area contributed by atoms with E-state index in [9.17, 15) is 4.39 Å².